The lowest BCUT2D eigenvalue weighted by Gasteiger charge is -2.19. The number of hydrogen-bond acceptors (Lipinski definition) is 3. The number of ether oxygens (including phenoxy) is 1. The largest absolute Gasteiger partial charge is 0.494 e. The molecule has 108 valence electrons. The molecule has 1 unspecified atom stereocenters. The molecule has 0 aliphatic heterocycles. The first-order valence-electron chi connectivity index (χ1n) is 6.81. The summed E-state index contributed by atoms with van der Waals surface area (Å²) in [5, 5.41) is 8.31. The van der Waals surface area contributed by atoms with Gasteiger partial charge in [-0.15, -0.1) is 0 Å². The Bertz CT molecular complexity index is 508. The molecule has 0 radical (unpaired) electrons. The Morgan fingerprint density at radius 3 is 2.70 bits per heavy atom. The van der Waals surface area contributed by atoms with Crippen molar-refractivity contribution in [3.8, 4) is 5.75 Å². The molecule has 0 saturated heterocycles. The summed E-state index contributed by atoms with van der Waals surface area (Å²) in [6.45, 7) is 3.58. The normalized spacial score (nSPS) is 12.3. The zero-order valence-corrected chi connectivity index (χ0v) is 12.6. The Labute approximate surface area is 124 Å². The van der Waals surface area contributed by atoms with Crippen LogP contribution in [0.25, 0.3) is 0 Å². The molecule has 20 heavy (non-hydrogen) atoms. The second kappa shape index (κ2) is 7.31. The Kier molecular flexibility index (Phi) is 5.44. The van der Waals surface area contributed by atoms with E-state index in [1.54, 1.807) is 6.20 Å². The van der Waals surface area contributed by atoms with Gasteiger partial charge in [0.2, 0.25) is 0 Å². The zero-order chi connectivity index (χ0) is 14.4. The molecular formula is C15H20ClN3O. The Balaban J connectivity index is 1.96. The number of benzene rings is 1. The van der Waals surface area contributed by atoms with Gasteiger partial charge >= 0.3 is 0 Å². The van der Waals surface area contributed by atoms with Crippen molar-refractivity contribution in [3.63, 3.8) is 0 Å². The van der Waals surface area contributed by atoms with Crippen molar-refractivity contribution in [1.29, 1.82) is 0 Å². The van der Waals surface area contributed by atoms with Crippen LogP contribution in [-0.4, -0.2) is 22.9 Å². The van der Waals surface area contributed by atoms with Crippen molar-refractivity contribution in [2.75, 3.05) is 13.2 Å². The fraction of sp³-hybridized carbons (Fsp3) is 0.400. The fourth-order valence-electron chi connectivity index (χ4n) is 2.21. The third-order valence-corrected chi connectivity index (χ3v) is 3.43. The Morgan fingerprint density at radius 1 is 1.35 bits per heavy atom. The molecule has 0 bridgehead atoms. The molecule has 4 nitrogen and oxygen atoms in total. The van der Waals surface area contributed by atoms with E-state index in [2.05, 4.69) is 17.3 Å². The fourth-order valence-corrected chi connectivity index (χ4v) is 2.50. The van der Waals surface area contributed by atoms with Crippen LogP contribution in [0.5, 0.6) is 5.75 Å². The highest BCUT2D eigenvalue weighted by Gasteiger charge is 2.18. The Hall–Kier alpha value is -1.52. The number of nitrogens with zero attached hydrogens (tertiary/aromatic N) is 2. The van der Waals surface area contributed by atoms with Crippen molar-refractivity contribution in [2.45, 2.75) is 19.4 Å². The third-order valence-electron chi connectivity index (χ3n) is 3.14. The highest BCUT2D eigenvalue weighted by atomic mass is 35.5. The molecule has 2 rings (SSSR count). The predicted molar refractivity (Wildman–Crippen MR) is 81.2 cm³/mol. The third kappa shape index (κ3) is 3.74. The van der Waals surface area contributed by atoms with E-state index >= 15 is 0 Å². The van der Waals surface area contributed by atoms with Crippen molar-refractivity contribution in [1.82, 2.24) is 15.1 Å². The van der Waals surface area contributed by atoms with Crippen LogP contribution in [0.15, 0.2) is 36.5 Å². The first-order valence-corrected chi connectivity index (χ1v) is 7.18. The van der Waals surface area contributed by atoms with Gasteiger partial charge in [0.05, 0.1) is 29.6 Å². The van der Waals surface area contributed by atoms with E-state index in [1.807, 2.05) is 42.1 Å². The average Bonchev–Trinajstić information content (AvgIpc) is 2.79. The van der Waals surface area contributed by atoms with Crippen LogP contribution >= 0.6 is 11.6 Å². The standard InChI is InChI=1S/C15H20ClN3O/c1-3-17-14(15-13(16)11-18-19(15)2)9-10-20-12-7-5-4-6-8-12/h4-8,11,14,17H,3,9-10H2,1-2H3. The first kappa shape index (κ1) is 14.9. The van der Waals surface area contributed by atoms with Gasteiger partial charge in [-0.1, -0.05) is 36.7 Å². The monoisotopic (exact) mass is 293 g/mol. The Morgan fingerprint density at radius 2 is 2.10 bits per heavy atom. The van der Waals surface area contributed by atoms with Gasteiger partial charge in [0.25, 0.3) is 0 Å². The molecule has 1 aromatic carbocycles. The molecular weight excluding hydrogens is 274 g/mol. The minimum Gasteiger partial charge on any atom is -0.494 e. The van der Waals surface area contributed by atoms with Gasteiger partial charge in [0, 0.05) is 13.5 Å². The summed E-state index contributed by atoms with van der Waals surface area (Å²) in [6.07, 6.45) is 2.52. The topological polar surface area (TPSA) is 39.1 Å². The molecule has 1 N–H and O–H groups in total. The molecule has 1 heterocycles. The van der Waals surface area contributed by atoms with Gasteiger partial charge in [-0.2, -0.15) is 5.10 Å². The lowest BCUT2D eigenvalue weighted by Crippen LogP contribution is -2.25. The predicted octanol–water partition coefficient (Wildman–Crippen LogP) is 3.19. The SMILES string of the molecule is CCNC(CCOc1ccccc1)c1c(Cl)cnn1C. The lowest BCUT2D eigenvalue weighted by atomic mass is 10.1. The minimum absolute atomic E-state index is 0.142. The highest BCUT2D eigenvalue weighted by molar-refractivity contribution is 6.31. The van der Waals surface area contributed by atoms with Crippen molar-refractivity contribution >= 4 is 11.6 Å². The van der Waals surface area contributed by atoms with Gasteiger partial charge < -0.3 is 10.1 Å². The van der Waals surface area contributed by atoms with E-state index in [-0.39, 0.29) is 6.04 Å². The molecule has 0 spiro atoms. The van der Waals surface area contributed by atoms with E-state index in [0.29, 0.717) is 11.6 Å². The smallest absolute Gasteiger partial charge is 0.119 e. The molecule has 0 aliphatic rings. The van der Waals surface area contributed by atoms with Crippen molar-refractivity contribution in [3.05, 3.63) is 47.2 Å². The van der Waals surface area contributed by atoms with E-state index in [4.69, 9.17) is 16.3 Å². The van der Waals surface area contributed by atoms with Gasteiger partial charge in [0.1, 0.15) is 5.75 Å². The summed E-state index contributed by atoms with van der Waals surface area (Å²) in [4.78, 5) is 0. The van der Waals surface area contributed by atoms with Crippen molar-refractivity contribution in [2.24, 2.45) is 7.05 Å². The summed E-state index contributed by atoms with van der Waals surface area (Å²) in [6, 6.07) is 9.97. The number of nitrogens with one attached hydrogen (secondary N) is 1. The molecule has 0 aliphatic carbocycles. The number of hydrogen-bond donors (Lipinski definition) is 1. The van der Waals surface area contributed by atoms with Gasteiger partial charge in [-0.25, -0.2) is 0 Å². The molecule has 0 fully saturated rings. The number of rotatable bonds is 7. The maximum Gasteiger partial charge on any atom is 0.119 e. The van der Waals surface area contributed by atoms with Crippen LogP contribution in [0.2, 0.25) is 5.02 Å². The summed E-state index contributed by atoms with van der Waals surface area (Å²) in [5.74, 6) is 0.888. The maximum atomic E-state index is 6.21. The number of aromatic nitrogens is 2. The van der Waals surface area contributed by atoms with Crippen LogP contribution in [0.3, 0.4) is 0 Å². The van der Waals surface area contributed by atoms with Gasteiger partial charge in [0.15, 0.2) is 0 Å². The van der Waals surface area contributed by atoms with Crippen molar-refractivity contribution < 1.29 is 4.74 Å². The molecule has 0 amide bonds. The van der Waals surface area contributed by atoms with E-state index in [1.165, 1.54) is 0 Å². The summed E-state index contributed by atoms with van der Waals surface area (Å²) >= 11 is 6.21. The number of aryl methyl sites for hydroxylation is 1. The van der Waals surface area contributed by atoms with Crippen LogP contribution in [0.4, 0.5) is 0 Å². The number of para-hydroxylation sites is 1. The minimum atomic E-state index is 0.142. The summed E-state index contributed by atoms with van der Waals surface area (Å²) in [5.41, 5.74) is 1.00. The first-order chi connectivity index (χ1) is 9.72. The molecule has 5 heteroatoms. The van der Waals surface area contributed by atoms with Crippen LogP contribution in [-0.2, 0) is 7.05 Å². The number of halogens is 1. The summed E-state index contributed by atoms with van der Waals surface area (Å²) in [7, 11) is 1.91. The molecule has 2 aromatic rings. The van der Waals surface area contributed by atoms with E-state index in [9.17, 15) is 0 Å². The maximum absolute atomic E-state index is 6.21. The molecule has 1 aromatic heterocycles. The lowest BCUT2D eigenvalue weighted by molar-refractivity contribution is 0.284. The second-order valence-electron chi connectivity index (χ2n) is 4.56. The quantitative estimate of drug-likeness (QED) is 0.852. The van der Waals surface area contributed by atoms with Crippen LogP contribution in [0, 0.1) is 0 Å². The van der Waals surface area contributed by atoms with Crippen LogP contribution in [0.1, 0.15) is 25.1 Å². The second-order valence-corrected chi connectivity index (χ2v) is 4.97. The highest BCUT2D eigenvalue weighted by Crippen LogP contribution is 2.24. The van der Waals surface area contributed by atoms with Gasteiger partial charge in [-0.3, -0.25) is 4.68 Å². The average molecular weight is 294 g/mol. The summed E-state index contributed by atoms with van der Waals surface area (Å²) < 4.78 is 7.57. The molecule has 0 saturated carbocycles. The van der Waals surface area contributed by atoms with Crippen LogP contribution < -0.4 is 10.1 Å². The van der Waals surface area contributed by atoms with E-state index in [0.717, 1.165) is 24.4 Å². The van der Waals surface area contributed by atoms with E-state index < -0.39 is 0 Å². The van der Waals surface area contributed by atoms with Gasteiger partial charge in [-0.05, 0) is 18.7 Å². The zero-order valence-electron chi connectivity index (χ0n) is 11.8. The molecule has 1 atom stereocenters.